The molecule has 0 N–H and O–H groups in total. The summed E-state index contributed by atoms with van der Waals surface area (Å²) in [6.07, 6.45) is 4.52. The van der Waals surface area contributed by atoms with Crippen molar-refractivity contribution < 1.29 is 27.8 Å². The zero-order valence-electron chi connectivity index (χ0n) is 15.7. The van der Waals surface area contributed by atoms with Crippen molar-refractivity contribution in [2.75, 3.05) is 25.7 Å². The molecule has 1 aliphatic rings. The Balaban J connectivity index is 1.86. The molecule has 1 amide bonds. The Bertz CT molecular complexity index is 883. The van der Waals surface area contributed by atoms with E-state index in [1.807, 2.05) is 6.07 Å². The maximum absolute atomic E-state index is 12.8. The normalized spacial score (nSPS) is 13.5. The van der Waals surface area contributed by atoms with Crippen LogP contribution in [0.2, 0.25) is 0 Å². The minimum absolute atomic E-state index is 0.0140. The van der Waals surface area contributed by atoms with Gasteiger partial charge in [-0.2, -0.15) is 8.78 Å². The van der Waals surface area contributed by atoms with E-state index < -0.39 is 6.61 Å². The predicted octanol–water partition coefficient (Wildman–Crippen LogP) is 4.30. The molecule has 0 aliphatic carbocycles. The Morgan fingerprint density at radius 3 is 2.61 bits per heavy atom. The number of rotatable bonds is 6. The number of para-hydroxylation sites is 1. The molecule has 0 aromatic heterocycles. The number of nitrogens with zero attached hydrogens (tertiary/aromatic N) is 1. The number of halogens is 2. The molecule has 2 aromatic rings. The number of fused-ring (bicyclic) bond motifs is 1. The third kappa shape index (κ3) is 4.24. The molecule has 0 atom stereocenters. The van der Waals surface area contributed by atoms with E-state index in [9.17, 15) is 13.6 Å². The van der Waals surface area contributed by atoms with E-state index in [1.165, 1.54) is 24.2 Å². The number of hydrogen-bond acceptors (Lipinski definition) is 4. The topological polar surface area (TPSA) is 48.0 Å². The summed E-state index contributed by atoms with van der Waals surface area (Å²) in [7, 11) is 3.08. The average Bonchev–Trinajstić information content (AvgIpc) is 2.71. The minimum Gasteiger partial charge on any atom is -0.493 e. The standard InChI is InChI=1S/C21H21F2NO4/c1-26-16-10-8-14(13-18(16)27-2)9-11-19(25)24-12-4-6-15-5-3-7-17(20(15)24)28-21(22)23/h3,5,7-11,13,21H,4,6,12H2,1-2H3/b11-9+. The summed E-state index contributed by atoms with van der Waals surface area (Å²) in [6.45, 7) is -2.51. The molecular weight excluding hydrogens is 368 g/mol. The van der Waals surface area contributed by atoms with Gasteiger partial charge >= 0.3 is 6.61 Å². The molecule has 0 fully saturated rings. The number of aryl methyl sites for hydroxylation is 1. The van der Waals surface area contributed by atoms with Crippen LogP contribution in [0.3, 0.4) is 0 Å². The van der Waals surface area contributed by atoms with Crippen LogP contribution in [-0.2, 0) is 11.2 Å². The van der Waals surface area contributed by atoms with E-state index in [0.717, 1.165) is 17.5 Å². The van der Waals surface area contributed by atoms with Gasteiger partial charge in [0.2, 0.25) is 0 Å². The van der Waals surface area contributed by atoms with E-state index >= 15 is 0 Å². The summed E-state index contributed by atoms with van der Waals surface area (Å²) in [5, 5.41) is 0. The third-order valence-electron chi connectivity index (χ3n) is 4.49. The van der Waals surface area contributed by atoms with Gasteiger partial charge < -0.3 is 19.1 Å². The van der Waals surface area contributed by atoms with Gasteiger partial charge in [0.05, 0.1) is 19.9 Å². The largest absolute Gasteiger partial charge is 0.493 e. The number of alkyl halides is 2. The maximum Gasteiger partial charge on any atom is 0.387 e. The summed E-state index contributed by atoms with van der Waals surface area (Å²) in [6, 6.07) is 10.2. The van der Waals surface area contributed by atoms with Crippen molar-refractivity contribution in [3.05, 3.63) is 53.6 Å². The number of hydrogen-bond donors (Lipinski definition) is 0. The maximum atomic E-state index is 12.8. The molecule has 5 nitrogen and oxygen atoms in total. The molecule has 1 aliphatic heterocycles. The monoisotopic (exact) mass is 389 g/mol. The molecule has 148 valence electrons. The number of ether oxygens (including phenoxy) is 3. The first-order valence-corrected chi connectivity index (χ1v) is 8.81. The van der Waals surface area contributed by atoms with Crippen LogP contribution in [0.5, 0.6) is 17.2 Å². The fourth-order valence-corrected chi connectivity index (χ4v) is 3.24. The van der Waals surface area contributed by atoms with Crippen molar-refractivity contribution in [3.8, 4) is 17.2 Å². The van der Waals surface area contributed by atoms with Gasteiger partial charge in [-0.1, -0.05) is 18.2 Å². The van der Waals surface area contributed by atoms with Crippen LogP contribution in [0.25, 0.3) is 6.08 Å². The molecule has 1 heterocycles. The zero-order chi connectivity index (χ0) is 20.1. The van der Waals surface area contributed by atoms with Crippen LogP contribution in [0, 0.1) is 0 Å². The third-order valence-corrected chi connectivity index (χ3v) is 4.49. The van der Waals surface area contributed by atoms with Gasteiger partial charge in [0, 0.05) is 12.6 Å². The summed E-state index contributed by atoms with van der Waals surface area (Å²) in [5.74, 6) is 0.846. The summed E-state index contributed by atoms with van der Waals surface area (Å²) < 4.78 is 40.6. The molecule has 0 saturated carbocycles. The van der Waals surface area contributed by atoms with Crippen LogP contribution < -0.4 is 19.1 Å². The van der Waals surface area contributed by atoms with Gasteiger partial charge in [-0.05, 0) is 48.2 Å². The first-order chi connectivity index (χ1) is 13.5. The lowest BCUT2D eigenvalue weighted by atomic mass is 10.0. The fourth-order valence-electron chi connectivity index (χ4n) is 3.24. The van der Waals surface area contributed by atoms with Crippen LogP contribution in [0.4, 0.5) is 14.5 Å². The Labute approximate surface area is 162 Å². The summed E-state index contributed by atoms with van der Waals surface area (Å²) in [5.41, 5.74) is 1.98. The number of carbonyl (C=O) groups excluding carboxylic acids is 1. The lowest BCUT2D eigenvalue weighted by Gasteiger charge is -2.30. The molecule has 2 aromatic carbocycles. The van der Waals surface area contributed by atoms with Crippen molar-refractivity contribution in [3.63, 3.8) is 0 Å². The Kier molecular flexibility index (Phi) is 6.13. The molecule has 0 bridgehead atoms. The van der Waals surface area contributed by atoms with Crippen LogP contribution in [-0.4, -0.2) is 33.3 Å². The van der Waals surface area contributed by atoms with Crippen LogP contribution in [0.1, 0.15) is 17.5 Å². The Hall–Kier alpha value is -3.09. The second kappa shape index (κ2) is 8.73. The highest BCUT2D eigenvalue weighted by molar-refractivity contribution is 6.05. The molecule has 0 spiro atoms. The van der Waals surface area contributed by atoms with E-state index in [2.05, 4.69) is 4.74 Å². The van der Waals surface area contributed by atoms with Gasteiger partial charge in [-0.25, -0.2) is 0 Å². The first kappa shape index (κ1) is 19.7. The quantitative estimate of drug-likeness (QED) is 0.692. The number of methoxy groups -OCH3 is 2. The minimum atomic E-state index is -2.95. The fraction of sp³-hybridized carbons (Fsp3) is 0.286. The van der Waals surface area contributed by atoms with E-state index in [0.29, 0.717) is 30.2 Å². The number of carbonyl (C=O) groups is 1. The van der Waals surface area contributed by atoms with E-state index in [-0.39, 0.29) is 11.7 Å². The molecule has 28 heavy (non-hydrogen) atoms. The smallest absolute Gasteiger partial charge is 0.387 e. The van der Waals surface area contributed by atoms with Crippen molar-refractivity contribution in [2.45, 2.75) is 19.5 Å². The second-order valence-electron chi connectivity index (χ2n) is 6.18. The Morgan fingerprint density at radius 1 is 1.11 bits per heavy atom. The van der Waals surface area contributed by atoms with E-state index in [1.54, 1.807) is 37.5 Å². The van der Waals surface area contributed by atoms with Crippen molar-refractivity contribution >= 4 is 17.7 Å². The highest BCUT2D eigenvalue weighted by Gasteiger charge is 2.26. The molecule has 0 unspecified atom stereocenters. The lowest BCUT2D eigenvalue weighted by molar-refractivity contribution is -0.114. The highest BCUT2D eigenvalue weighted by atomic mass is 19.3. The second-order valence-corrected chi connectivity index (χ2v) is 6.18. The molecule has 0 radical (unpaired) electrons. The van der Waals surface area contributed by atoms with Crippen LogP contribution >= 0.6 is 0 Å². The van der Waals surface area contributed by atoms with Gasteiger partial charge in [0.1, 0.15) is 5.75 Å². The SMILES string of the molecule is COc1ccc(/C=C/C(=O)N2CCCc3cccc(OC(F)F)c32)cc1OC. The van der Waals surface area contributed by atoms with Crippen molar-refractivity contribution in [2.24, 2.45) is 0 Å². The van der Waals surface area contributed by atoms with Gasteiger partial charge in [-0.3, -0.25) is 4.79 Å². The van der Waals surface area contributed by atoms with Crippen molar-refractivity contribution in [1.82, 2.24) is 0 Å². The van der Waals surface area contributed by atoms with Crippen LogP contribution in [0.15, 0.2) is 42.5 Å². The van der Waals surface area contributed by atoms with E-state index in [4.69, 9.17) is 9.47 Å². The number of benzene rings is 2. The molecule has 0 saturated heterocycles. The highest BCUT2D eigenvalue weighted by Crippen LogP contribution is 2.37. The zero-order valence-corrected chi connectivity index (χ0v) is 15.7. The van der Waals surface area contributed by atoms with Crippen molar-refractivity contribution in [1.29, 1.82) is 0 Å². The van der Waals surface area contributed by atoms with Gasteiger partial charge in [0.25, 0.3) is 5.91 Å². The van der Waals surface area contributed by atoms with Gasteiger partial charge in [0.15, 0.2) is 11.5 Å². The lowest BCUT2D eigenvalue weighted by Crippen LogP contribution is -2.34. The predicted molar refractivity (Wildman–Crippen MR) is 102 cm³/mol. The summed E-state index contributed by atoms with van der Waals surface area (Å²) >= 11 is 0. The number of anilines is 1. The molecule has 3 rings (SSSR count). The number of amides is 1. The average molecular weight is 389 g/mol. The van der Waals surface area contributed by atoms with Gasteiger partial charge in [-0.15, -0.1) is 0 Å². The molecular formula is C21H21F2NO4. The molecule has 7 heteroatoms. The Morgan fingerprint density at radius 2 is 1.89 bits per heavy atom. The first-order valence-electron chi connectivity index (χ1n) is 8.81. The summed E-state index contributed by atoms with van der Waals surface area (Å²) in [4.78, 5) is 14.3.